The fourth-order valence-electron chi connectivity index (χ4n) is 4.49. The monoisotopic (exact) mass is 305 g/mol. The molecule has 2 nitrogen and oxygen atoms in total. The van der Waals surface area contributed by atoms with E-state index in [1.54, 1.807) is 0 Å². The van der Waals surface area contributed by atoms with E-state index in [0.29, 0.717) is 18.1 Å². The molecule has 2 rings (SSSR count). The number of hydrogen-bond donors (Lipinski definition) is 0. The zero-order valence-corrected chi connectivity index (χ0v) is 14.7. The van der Waals surface area contributed by atoms with Crippen LogP contribution in [-0.2, 0) is 4.74 Å². The van der Waals surface area contributed by atoms with Gasteiger partial charge < -0.3 is 4.74 Å². The summed E-state index contributed by atoms with van der Waals surface area (Å²) in [6.07, 6.45) is 16.3. The van der Waals surface area contributed by atoms with Crippen LogP contribution in [-0.4, -0.2) is 12.2 Å². The smallest absolute Gasteiger partial charge is 0.0655 e. The average molecular weight is 306 g/mol. The van der Waals surface area contributed by atoms with Crippen LogP contribution in [0.5, 0.6) is 0 Å². The maximum Gasteiger partial charge on any atom is 0.0655 e. The second-order valence-electron chi connectivity index (χ2n) is 7.72. The molecule has 2 aliphatic carbocycles. The molecular formula is C20H35NO. The van der Waals surface area contributed by atoms with E-state index in [2.05, 4.69) is 19.9 Å². The van der Waals surface area contributed by atoms with Gasteiger partial charge in [0.1, 0.15) is 0 Å². The van der Waals surface area contributed by atoms with Crippen LogP contribution in [0.3, 0.4) is 0 Å². The van der Waals surface area contributed by atoms with Crippen molar-refractivity contribution in [1.82, 2.24) is 0 Å². The Morgan fingerprint density at radius 2 is 1.55 bits per heavy atom. The molecule has 2 saturated carbocycles. The van der Waals surface area contributed by atoms with Gasteiger partial charge >= 0.3 is 0 Å². The lowest BCUT2D eigenvalue weighted by molar-refractivity contribution is -0.0379. The summed E-state index contributed by atoms with van der Waals surface area (Å²) in [5.41, 5.74) is 0. The quantitative estimate of drug-likeness (QED) is 0.552. The summed E-state index contributed by atoms with van der Waals surface area (Å²) < 4.78 is 6.26. The van der Waals surface area contributed by atoms with Crippen LogP contribution in [0.4, 0.5) is 0 Å². The third-order valence-corrected chi connectivity index (χ3v) is 5.98. The molecule has 22 heavy (non-hydrogen) atoms. The van der Waals surface area contributed by atoms with Crippen LogP contribution >= 0.6 is 0 Å². The second kappa shape index (κ2) is 9.56. The van der Waals surface area contributed by atoms with Crippen molar-refractivity contribution in [2.45, 2.75) is 103 Å². The molecule has 0 aromatic rings. The number of rotatable bonds is 7. The summed E-state index contributed by atoms with van der Waals surface area (Å²) in [6, 6.07) is 2.46. The Morgan fingerprint density at radius 1 is 0.955 bits per heavy atom. The van der Waals surface area contributed by atoms with Crippen LogP contribution < -0.4 is 0 Å². The van der Waals surface area contributed by atoms with Crippen LogP contribution in [0.25, 0.3) is 0 Å². The van der Waals surface area contributed by atoms with Gasteiger partial charge in [0.05, 0.1) is 18.3 Å². The summed E-state index contributed by atoms with van der Waals surface area (Å²) in [7, 11) is 0. The van der Waals surface area contributed by atoms with Crippen LogP contribution in [0.2, 0.25) is 0 Å². The Hall–Kier alpha value is -0.550. The molecule has 0 saturated heterocycles. The van der Waals surface area contributed by atoms with Crippen molar-refractivity contribution in [2.75, 3.05) is 0 Å². The maximum absolute atomic E-state index is 9.02. The van der Waals surface area contributed by atoms with E-state index >= 15 is 0 Å². The Balaban J connectivity index is 1.62. The van der Waals surface area contributed by atoms with Gasteiger partial charge in [0, 0.05) is 5.92 Å². The first-order valence-corrected chi connectivity index (χ1v) is 9.78. The minimum atomic E-state index is 0.347. The van der Waals surface area contributed by atoms with Gasteiger partial charge in [-0.05, 0) is 76.5 Å². The lowest BCUT2D eigenvalue weighted by Gasteiger charge is -2.37. The molecule has 0 radical (unpaired) electrons. The average Bonchev–Trinajstić information content (AvgIpc) is 2.56. The van der Waals surface area contributed by atoms with Crippen molar-refractivity contribution >= 4 is 0 Å². The number of unbranched alkanes of at least 4 members (excludes halogenated alkanes) is 2. The molecule has 1 atom stereocenters. The highest BCUT2D eigenvalue weighted by Crippen LogP contribution is 2.40. The summed E-state index contributed by atoms with van der Waals surface area (Å²) in [6.45, 7) is 4.52. The van der Waals surface area contributed by atoms with Crippen molar-refractivity contribution in [3.05, 3.63) is 0 Å². The molecule has 0 amide bonds. The van der Waals surface area contributed by atoms with Gasteiger partial charge in [0.2, 0.25) is 0 Å². The molecule has 2 heteroatoms. The molecule has 0 heterocycles. The first kappa shape index (κ1) is 17.8. The fourth-order valence-corrected chi connectivity index (χ4v) is 4.49. The molecule has 126 valence electrons. The molecule has 0 spiro atoms. The largest absolute Gasteiger partial charge is 0.375 e. The zero-order valence-electron chi connectivity index (χ0n) is 14.7. The standard InChI is InChI=1S/C20H35NO/c1-3-4-5-6-16(2)22-20-13-11-19(12-14-20)18-9-7-17(15-21)8-10-18/h16-20H,3-14H2,1-2H3. The second-order valence-corrected chi connectivity index (χ2v) is 7.72. The third kappa shape index (κ3) is 5.58. The molecule has 2 aliphatic rings. The van der Waals surface area contributed by atoms with E-state index in [1.165, 1.54) is 64.2 Å². The van der Waals surface area contributed by atoms with Gasteiger partial charge in [-0.1, -0.05) is 26.2 Å². The number of nitriles is 1. The highest BCUT2D eigenvalue weighted by Gasteiger charge is 2.31. The summed E-state index contributed by atoms with van der Waals surface area (Å²) in [4.78, 5) is 0. The van der Waals surface area contributed by atoms with Crippen LogP contribution in [0, 0.1) is 29.1 Å². The normalized spacial score (nSPS) is 34.0. The highest BCUT2D eigenvalue weighted by atomic mass is 16.5. The van der Waals surface area contributed by atoms with Gasteiger partial charge in [-0.3, -0.25) is 0 Å². The maximum atomic E-state index is 9.02. The van der Waals surface area contributed by atoms with Gasteiger partial charge in [-0.15, -0.1) is 0 Å². The lowest BCUT2D eigenvalue weighted by Crippen LogP contribution is -2.30. The summed E-state index contributed by atoms with van der Waals surface area (Å²) in [5, 5.41) is 9.02. The first-order chi connectivity index (χ1) is 10.7. The van der Waals surface area contributed by atoms with Gasteiger partial charge in [-0.25, -0.2) is 0 Å². The third-order valence-electron chi connectivity index (χ3n) is 5.98. The Bertz CT molecular complexity index is 332. The fraction of sp³-hybridized carbons (Fsp3) is 0.950. The Labute approximate surface area is 137 Å². The first-order valence-electron chi connectivity index (χ1n) is 9.78. The minimum Gasteiger partial charge on any atom is -0.375 e. The van der Waals surface area contributed by atoms with E-state index < -0.39 is 0 Å². The predicted octanol–water partition coefficient (Wildman–Crippen LogP) is 5.86. The van der Waals surface area contributed by atoms with Gasteiger partial charge in [0.25, 0.3) is 0 Å². The molecule has 0 bridgehead atoms. The molecular weight excluding hydrogens is 270 g/mol. The van der Waals surface area contributed by atoms with E-state index in [9.17, 15) is 0 Å². The summed E-state index contributed by atoms with van der Waals surface area (Å²) in [5.74, 6) is 2.15. The number of hydrogen-bond acceptors (Lipinski definition) is 2. The van der Waals surface area contributed by atoms with Crippen molar-refractivity contribution in [3.8, 4) is 6.07 Å². The molecule has 0 aliphatic heterocycles. The summed E-state index contributed by atoms with van der Waals surface area (Å²) >= 11 is 0. The van der Waals surface area contributed by atoms with E-state index in [0.717, 1.165) is 24.7 Å². The Morgan fingerprint density at radius 3 is 2.09 bits per heavy atom. The van der Waals surface area contributed by atoms with Crippen molar-refractivity contribution in [2.24, 2.45) is 17.8 Å². The molecule has 0 aromatic heterocycles. The molecule has 1 unspecified atom stereocenters. The lowest BCUT2D eigenvalue weighted by atomic mass is 9.71. The number of nitrogens with zero attached hydrogens (tertiary/aromatic N) is 1. The van der Waals surface area contributed by atoms with Gasteiger partial charge in [0.15, 0.2) is 0 Å². The molecule has 0 N–H and O–H groups in total. The van der Waals surface area contributed by atoms with Gasteiger partial charge in [-0.2, -0.15) is 5.26 Å². The Kier molecular flexibility index (Phi) is 7.73. The zero-order chi connectivity index (χ0) is 15.8. The topological polar surface area (TPSA) is 33.0 Å². The van der Waals surface area contributed by atoms with E-state index in [4.69, 9.17) is 10.00 Å². The predicted molar refractivity (Wildman–Crippen MR) is 91.5 cm³/mol. The van der Waals surface area contributed by atoms with Crippen molar-refractivity contribution in [1.29, 1.82) is 5.26 Å². The van der Waals surface area contributed by atoms with Crippen LogP contribution in [0.1, 0.15) is 90.9 Å². The van der Waals surface area contributed by atoms with E-state index in [-0.39, 0.29) is 0 Å². The van der Waals surface area contributed by atoms with Crippen LogP contribution in [0.15, 0.2) is 0 Å². The SMILES string of the molecule is CCCCCC(C)OC1CCC(C2CCC(C#N)CC2)CC1. The minimum absolute atomic E-state index is 0.347. The molecule has 0 aromatic carbocycles. The van der Waals surface area contributed by atoms with Crippen molar-refractivity contribution < 1.29 is 4.74 Å². The van der Waals surface area contributed by atoms with E-state index in [1.807, 2.05) is 0 Å². The highest BCUT2D eigenvalue weighted by molar-refractivity contribution is 4.89. The number of ether oxygens (including phenoxy) is 1. The van der Waals surface area contributed by atoms with Crippen molar-refractivity contribution in [3.63, 3.8) is 0 Å². The molecule has 2 fully saturated rings.